The highest BCUT2D eigenvalue weighted by atomic mass is 31.1. The average molecular weight is 270 g/mol. The molecule has 2 heterocycles. The number of benzene rings is 1. The highest BCUT2D eigenvalue weighted by molar-refractivity contribution is 7.48. The molecular formula is C12H15O5P. The molecule has 0 aromatic heterocycles. The topological polar surface area (TPSA) is 65.0 Å². The third-order valence-electron chi connectivity index (χ3n) is 3.25. The Morgan fingerprint density at radius 2 is 1.89 bits per heavy atom. The standard InChI is InChI=1S/C12H15O5P/c13-9-6-15-12-10(7-16-11(9)12)17-18(14)8-4-2-1-3-5-8/h1-5,9-13,18H,6-7H2/t9-,10+,11-,12-/m1/s1. The number of rotatable bonds is 3. The highest BCUT2D eigenvalue weighted by Gasteiger charge is 2.48. The van der Waals surface area contributed by atoms with Crippen molar-refractivity contribution in [3.05, 3.63) is 30.3 Å². The molecule has 2 aliphatic rings. The van der Waals surface area contributed by atoms with Crippen molar-refractivity contribution in [1.29, 1.82) is 0 Å². The molecule has 0 bridgehead atoms. The molecule has 18 heavy (non-hydrogen) atoms. The van der Waals surface area contributed by atoms with Gasteiger partial charge in [-0.25, -0.2) is 0 Å². The Hall–Kier alpha value is -0.710. The van der Waals surface area contributed by atoms with Gasteiger partial charge in [0.25, 0.3) is 0 Å². The first kappa shape index (κ1) is 12.3. The van der Waals surface area contributed by atoms with Crippen molar-refractivity contribution in [2.75, 3.05) is 13.2 Å². The minimum absolute atomic E-state index is 0.251. The van der Waals surface area contributed by atoms with E-state index in [0.717, 1.165) is 0 Å². The highest BCUT2D eigenvalue weighted by Crippen LogP contribution is 2.34. The number of hydrogen-bond donors (Lipinski definition) is 1. The molecule has 2 fully saturated rings. The fraction of sp³-hybridized carbons (Fsp3) is 0.500. The molecule has 1 N–H and O–H groups in total. The first-order chi connectivity index (χ1) is 8.75. The van der Waals surface area contributed by atoms with E-state index in [4.69, 9.17) is 14.0 Å². The molecule has 0 radical (unpaired) electrons. The van der Waals surface area contributed by atoms with Crippen molar-refractivity contribution in [2.45, 2.75) is 24.4 Å². The monoisotopic (exact) mass is 270 g/mol. The molecule has 3 rings (SSSR count). The van der Waals surface area contributed by atoms with Crippen LogP contribution in [0.15, 0.2) is 30.3 Å². The van der Waals surface area contributed by atoms with Gasteiger partial charge in [-0.2, -0.15) is 0 Å². The van der Waals surface area contributed by atoms with Crippen molar-refractivity contribution in [3.63, 3.8) is 0 Å². The maximum absolute atomic E-state index is 12.1. The average Bonchev–Trinajstić information content (AvgIpc) is 2.95. The number of ether oxygens (including phenoxy) is 2. The van der Waals surface area contributed by atoms with Crippen LogP contribution in [-0.2, 0) is 18.6 Å². The van der Waals surface area contributed by atoms with Crippen LogP contribution in [0, 0.1) is 0 Å². The quantitative estimate of drug-likeness (QED) is 0.802. The predicted octanol–water partition coefficient (Wildman–Crippen LogP) is 0.330. The van der Waals surface area contributed by atoms with Crippen LogP contribution in [0.2, 0.25) is 0 Å². The third-order valence-corrected chi connectivity index (χ3v) is 4.57. The Morgan fingerprint density at radius 3 is 2.67 bits per heavy atom. The number of hydrogen-bond acceptors (Lipinski definition) is 5. The van der Waals surface area contributed by atoms with Gasteiger partial charge >= 0.3 is 0 Å². The maximum Gasteiger partial charge on any atom is 0.221 e. The fourth-order valence-electron chi connectivity index (χ4n) is 2.32. The molecule has 6 heteroatoms. The van der Waals surface area contributed by atoms with Crippen LogP contribution in [0.4, 0.5) is 0 Å². The van der Waals surface area contributed by atoms with E-state index in [1.54, 1.807) is 12.1 Å². The predicted molar refractivity (Wildman–Crippen MR) is 65.4 cm³/mol. The van der Waals surface area contributed by atoms with Gasteiger partial charge in [0.15, 0.2) is 0 Å². The van der Waals surface area contributed by atoms with Crippen LogP contribution >= 0.6 is 8.03 Å². The Labute approximate surface area is 106 Å². The van der Waals surface area contributed by atoms with Crippen molar-refractivity contribution >= 4 is 13.3 Å². The summed E-state index contributed by atoms with van der Waals surface area (Å²) in [5.41, 5.74) is 0. The smallest absolute Gasteiger partial charge is 0.221 e. The Morgan fingerprint density at radius 1 is 1.17 bits per heavy atom. The van der Waals surface area contributed by atoms with E-state index in [9.17, 15) is 9.67 Å². The summed E-state index contributed by atoms with van der Waals surface area (Å²) in [6.45, 7) is 0.567. The lowest BCUT2D eigenvalue weighted by Crippen LogP contribution is -2.32. The normalized spacial score (nSPS) is 36.5. The van der Waals surface area contributed by atoms with Gasteiger partial charge in [0.05, 0.1) is 13.2 Å². The largest absolute Gasteiger partial charge is 0.388 e. The summed E-state index contributed by atoms with van der Waals surface area (Å²) in [7, 11) is -2.30. The van der Waals surface area contributed by atoms with Gasteiger partial charge in [-0.15, -0.1) is 0 Å². The number of aliphatic hydroxyl groups excluding tert-OH is 1. The Kier molecular flexibility index (Phi) is 3.50. The summed E-state index contributed by atoms with van der Waals surface area (Å²) in [6, 6.07) is 9.07. The molecule has 2 saturated heterocycles. The lowest BCUT2D eigenvalue weighted by molar-refractivity contribution is 0.0103. The van der Waals surface area contributed by atoms with Crippen LogP contribution in [0.25, 0.3) is 0 Å². The summed E-state index contributed by atoms with van der Waals surface area (Å²) in [5, 5.41) is 10.3. The third kappa shape index (κ3) is 2.25. The van der Waals surface area contributed by atoms with Crippen molar-refractivity contribution in [1.82, 2.24) is 0 Å². The second-order valence-corrected chi connectivity index (χ2v) is 5.86. The first-order valence-corrected chi connectivity index (χ1v) is 7.24. The van der Waals surface area contributed by atoms with E-state index in [1.165, 1.54) is 0 Å². The van der Waals surface area contributed by atoms with Crippen LogP contribution in [0.1, 0.15) is 0 Å². The minimum atomic E-state index is -2.30. The summed E-state index contributed by atoms with van der Waals surface area (Å²) >= 11 is 0. The molecule has 0 amide bonds. The van der Waals surface area contributed by atoms with Gasteiger partial charge in [-0.1, -0.05) is 18.2 Å². The second-order valence-electron chi connectivity index (χ2n) is 4.47. The molecule has 0 spiro atoms. The lowest BCUT2D eigenvalue weighted by atomic mass is 10.1. The summed E-state index contributed by atoms with van der Waals surface area (Å²) < 4.78 is 28.4. The van der Waals surface area contributed by atoms with E-state index in [0.29, 0.717) is 11.9 Å². The molecule has 0 saturated carbocycles. The molecule has 1 aromatic carbocycles. The SMILES string of the molecule is O=[PH](O[C@H]1CO[C@H]2[C@@H]1OC[C@H]2O)c1ccccc1. The van der Waals surface area contributed by atoms with Gasteiger partial charge in [-0.05, 0) is 12.1 Å². The molecular weight excluding hydrogens is 255 g/mol. The zero-order chi connectivity index (χ0) is 12.5. The van der Waals surface area contributed by atoms with Gasteiger partial charge in [0.2, 0.25) is 8.03 Å². The number of aliphatic hydroxyl groups is 1. The van der Waals surface area contributed by atoms with Gasteiger partial charge < -0.3 is 19.1 Å². The van der Waals surface area contributed by atoms with Crippen LogP contribution in [0.3, 0.4) is 0 Å². The zero-order valence-electron chi connectivity index (χ0n) is 9.69. The van der Waals surface area contributed by atoms with E-state index in [-0.39, 0.29) is 24.9 Å². The fourth-order valence-corrected chi connectivity index (χ4v) is 3.40. The molecule has 2 aliphatic heterocycles. The van der Waals surface area contributed by atoms with E-state index < -0.39 is 14.1 Å². The maximum atomic E-state index is 12.1. The lowest BCUT2D eigenvalue weighted by Gasteiger charge is -2.16. The van der Waals surface area contributed by atoms with E-state index in [1.807, 2.05) is 18.2 Å². The van der Waals surface area contributed by atoms with E-state index in [2.05, 4.69) is 0 Å². The summed E-state index contributed by atoms with van der Waals surface area (Å²) in [6.07, 6.45) is -1.63. The summed E-state index contributed by atoms with van der Waals surface area (Å²) in [5.74, 6) is 0. The summed E-state index contributed by atoms with van der Waals surface area (Å²) in [4.78, 5) is 0. The Bertz CT molecular complexity index is 437. The van der Waals surface area contributed by atoms with Gasteiger partial charge in [-0.3, -0.25) is 4.57 Å². The van der Waals surface area contributed by atoms with Crippen molar-refractivity contribution in [2.24, 2.45) is 0 Å². The van der Waals surface area contributed by atoms with Crippen LogP contribution < -0.4 is 5.30 Å². The zero-order valence-corrected chi connectivity index (χ0v) is 10.7. The molecule has 0 aliphatic carbocycles. The number of fused-ring (bicyclic) bond motifs is 1. The molecule has 1 unspecified atom stereocenters. The minimum Gasteiger partial charge on any atom is -0.388 e. The van der Waals surface area contributed by atoms with Crippen LogP contribution in [0.5, 0.6) is 0 Å². The molecule has 5 atom stereocenters. The molecule has 5 nitrogen and oxygen atoms in total. The Balaban J connectivity index is 1.66. The first-order valence-electron chi connectivity index (χ1n) is 5.93. The molecule has 98 valence electrons. The van der Waals surface area contributed by atoms with Crippen molar-refractivity contribution in [3.8, 4) is 0 Å². The van der Waals surface area contributed by atoms with Gasteiger partial charge in [0, 0.05) is 5.30 Å². The second kappa shape index (κ2) is 5.11. The molecule has 1 aromatic rings. The van der Waals surface area contributed by atoms with E-state index >= 15 is 0 Å². The van der Waals surface area contributed by atoms with Gasteiger partial charge in [0.1, 0.15) is 24.4 Å². The van der Waals surface area contributed by atoms with Crippen molar-refractivity contribution < 1.29 is 23.7 Å². The van der Waals surface area contributed by atoms with Crippen LogP contribution in [-0.4, -0.2) is 42.7 Å².